The summed E-state index contributed by atoms with van der Waals surface area (Å²) in [5.74, 6) is -0.425. The number of likely N-dealkylation sites (tertiary alicyclic amines) is 1. The number of rotatable bonds is 2. The van der Waals surface area contributed by atoms with Gasteiger partial charge < -0.3 is 9.64 Å². The van der Waals surface area contributed by atoms with Gasteiger partial charge in [-0.05, 0) is 19.8 Å². The molecule has 0 bridgehead atoms. The second-order valence-corrected chi connectivity index (χ2v) is 4.16. The lowest BCUT2D eigenvalue weighted by atomic mass is 10.2. The molecule has 80 valence electrons. The Bertz CT molecular complexity index is 242. The van der Waals surface area contributed by atoms with Gasteiger partial charge in [-0.3, -0.25) is 4.79 Å². The van der Waals surface area contributed by atoms with Gasteiger partial charge in [-0.2, -0.15) is 12.6 Å². The molecule has 0 aliphatic carbocycles. The Hall–Kier alpha value is -0.710. The summed E-state index contributed by atoms with van der Waals surface area (Å²) in [6.07, 6.45) is 1.55. The van der Waals surface area contributed by atoms with Crippen molar-refractivity contribution in [1.82, 2.24) is 4.90 Å². The molecule has 0 saturated carbocycles. The number of nitrogens with zero attached hydrogens (tertiary/aromatic N) is 1. The Morgan fingerprint density at radius 2 is 2.21 bits per heavy atom. The van der Waals surface area contributed by atoms with Crippen molar-refractivity contribution in [2.75, 3.05) is 13.7 Å². The summed E-state index contributed by atoms with van der Waals surface area (Å²) in [7, 11) is 1.34. The zero-order valence-electron chi connectivity index (χ0n) is 8.40. The molecule has 0 aromatic heterocycles. The van der Waals surface area contributed by atoms with E-state index in [-0.39, 0.29) is 17.1 Å². The molecule has 14 heavy (non-hydrogen) atoms. The predicted molar refractivity (Wildman–Crippen MR) is 55.2 cm³/mol. The van der Waals surface area contributed by atoms with Crippen LogP contribution in [-0.2, 0) is 14.3 Å². The molecular formula is C9H15NO3S. The zero-order chi connectivity index (χ0) is 10.7. The van der Waals surface area contributed by atoms with E-state index in [4.69, 9.17) is 0 Å². The van der Waals surface area contributed by atoms with Gasteiger partial charge in [0.2, 0.25) is 5.91 Å². The van der Waals surface area contributed by atoms with Crippen molar-refractivity contribution >= 4 is 24.5 Å². The lowest BCUT2D eigenvalue weighted by Gasteiger charge is -2.23. The molecule has 1 aliphatic heterocycles. The molecule has 1 unspecified atom stereocenters. The summed E-state index contributed by atoms with van der Waals surface area (Å²) in [6.45, 7) is 2.33. The fourth-order valence-electron chi connectivity index (χ4n) is 1.65. The van der Waals surface area contributed by atoms with E-state index < -0.39 is 6.04 Å². The third-order valence-electron chi connectivity index (χ3n) is 2.37. The van der Waals surface area contributed by atoms with Crippen LogP contribution in [0.2, 0.25) is 0 Å². The standard InChI is InChI=1S/C9H15NO3S/c1-6(14)8(11)10-5-3-4-7(10)9(12)13-2/h6-7,14H,3-5H2,1-2H3/t6?,7-/m0/s1. The van der Waals surface area contributed by atoms with Gasteiger partial charge in [-0.15, -0.1) is 0 Å². The zero-order valence-corrected chi connectivity index (χ0v) is 9.29. The highest BCUT2D eigenvalue weighted by molar-refractivity contribution is 7.81. The van der Waals surface area contributed by atoms with Gasteiger partial charge in [0.1, 0.15) is 6.04 Å². The number of carbonyl (C=O) groups excluding carboxylic acids is 2. The number of esters is 1. The fourth-order valence-corrected chi connectivity index (χ4v) is 1.80. The van der Waals surface area contributed by atoms with Crippen molar-refractivity contribution in [2.45, 2.75) is 31.1 Å². The molecule has 1 aliphatic rings. The van der Waals surface area contributed by atoms with E-state index in [1.807, 2.05) is 0 Å². The van der Waals surface area contributed by atoms with Crippen LogP contribution in [-0.4, -0.2) is 41.7 Å². The summed E-state index contributed by atoms with van der Waals surface area (Å²) < 4.78 is 4.64. The topological polar surface area (TPSA) is 46.6 Å². The van der Waals surface area contributed by atoms with Crippen molar-refractivity contribution in [2.24, 2.45) is 0 Å². The van der Waals surface area contributed by atoms with E-state index in [2.05, 4.69) is 17.4 Å². The SMILES string of the molecule is COC(=O)[C@@H]1CCCN1C(=O)C(C)S. The van der Waals surface area contributed by atoms with Crippen molar-refractivity contribution in [3.8, 4) is 0 Å². The number of ether oxygens (including phenoxy) is 1. The molecule has 0 aromatic carbocycles. The minimum absolute atomic E-state index is 0.0961. The Balaban J connectivity index is 2.68. The van der Waals surface area contributed by atoms with Crippen LogP contribution in [0.4, 0.5) is 0 Å². The lowest BCUT2D eigenvalue weighted by Crippen LogP contribution is -2.43. The summed E-state index contributed by atoms with van der Waals surface area (Å²) in [5.41, 5.74) is 0. The molecule has 0 radical (unpaired) electrons. The van der Waals surface area contributed by atoms with Crippen LogP contribution < -0.4 is 0 Å². The summed E-state index contributed by atoms with van der Waals surface area (Å²) >= 11 is 4.06. The van der Waals surface area contributed by atoms with E-state index >= 15 is 0 Å². The van der Waals surface area contributed by atoms with Crippen molar-refractivity contribution in [1.29, 1.82) is 0 Å². The van der Waals surface area contributed by atoms with Crippen molar-refractivity contribution in [3.63, 3.8) is 0 Å². The number of thiol groups is 1. The van der Waals surface area contributed by atoms with Gasteiger partial charge in [-0.25, -0.2) is 4.79 Å². The summed E-state index contributed by atoms with van der Waals surface area (Å²) in [5, 5.41) is -0.361. The minimum Gasteiger partial charge on any atom is -0.467 e. The van der Waals surface area contributed by atoms with Crippen molar-refractivity contribution in [3.05, 3.63) is 0 Å². The van der Waals surface area contributed by atoms with Gasteiger partial charge in [-0.1, -0.05) is 0 Å². The Labute approximate surface area is 89.0 Å². The quantitative estimate of drug-likeness (QED) is 0.540. The van der Waals surface area contributed by atoms with E-state index in [1.165, 1.54) is 7.11 Å². The molecule has 0 N–H and O–H groups in total. The Kier molecular flexibility index (Phi) is 3.80. The Morgan fingerprint density at radius 1 is 1.57 bits per heavy atom. The van der Waals surface area contributed by atoms with E-state index in [9.17, 15) is 9.59 Å². The minimum atomic E-state index is -0.401. The molecule has 1 heterocycles. The number of hydrogen-bond acceptors (Lipinski definition) is 4. The van der Waals surface area contributed by atoms with Gasteiger partial charge in [0.25, 0.3) is 0 Å². The maximum atomic E-state index is 11.6. The van der Waals surface area contributed by atoms with Gasteiger partial charge in [0.05, 0.1) is 12.4 Å². The van der Waals surface area contributed by atoms with Crippen molar-refractivity contribution < 1.29 is 14.3 Å². The smallest absolute Gasteiger partial charge is 0.328 e. The average molecular weight is 217 g/mol. The first-order chi connectivity index (χ1) is 6.57. The monoisotopic (exact) mass is 217 g/mol. The highest BCUT2D eigenvalue weighted by Crippen LogP contribution is 2.20. The predicted octanol–water partition coefficient (Wildman–Crippen LogP) is 0.469. The molecular weight excluding hydrogens is 202 g/mol. The van der Waals surface area contributed by atoms with E-state index in [0.29, 0.717) is 13.0 Å². The highest BCUT2D eigenvalue weighted by atomic mass is 32.1. The summed E-state index contributed by atoms with van der Waals surface area (Å²) in [6, 6.07) is -0.401. The molecule has 5 heteroatoms. The number of methoxy groups -OCH3 is 1. The molecule has 1 rings (SSSR count). The lowest BCUT2D eigenvalue weighted by molar-refractivity contribution is -0.150. The maximum Gasteiger partial charge on any atom is 0.328 e. The molecule has 0 aromatic rings. The van der Waals surface area contributed by atoms with Crippen LogP contribution in [0.15, 0.2) is 0 Å². The molecule has 1 saturated heterocycles. The van der Waals surface area contributed by atoms with Crippen LogP contribution in [0, 0.1) is 0 Å². The molecule has 2 atom stereocenters. The van der Waals surface area contributed by atoms with Crippen LogP contribution in [0.25, 0.3) is 0 Å². The van der Waals surface area contributed by atoms with Crippen LogP contribution >= 0.6 is 12.6 Å². The number of carbonyl (C=O) groups is 2. The second-order valence-electron chi connectivity index (χ2n) is 3.39. The Morgan fingerprint density at radius 3 is 2.71 bits per heavy atom. The summed E-state index contributed by atoms with van der Waals surface area (Å²) in [4.78, 5) is 24.5. The molecule has 1 amide bonds. The van der Waals surface area contributed by atoms with Crippen LogP contribution in [0.3, 0.4) is 0 Å². The second kappa shape index (κ2) is 4.68. The van der Waals surface area contributed by atoms with Gasteiger partial charge in [0.15, 0.2) is 0 Å². The third kappa shape index (κ3) is 2.20. The maximum absolute atomic E-state index is 11.6. The van der Waals surface area contributed by atoms with Gasteiger partial charge >= 0.3 is 5.97 Å². The average Bonchev–Trinajstić information content (AvgIpc) is 2.63. The first-order valence-corrected chi connectivity index (χ1v) is 5.16. The molecule has 4 nitrogen and oxygen atoms in total. The van der Waals surface area contributed by atoms with Gasteiger partial charge in [0, 0.05) is 6.54 Å². The normalized spacial score (nSPS) is 23.4. The van der Waals surface area contributed by atoms with E-state index in [0.717, 1.165) is 6.42 Å². The first kappa shape index (κ1) is 11.4. The highest BCUT2D eigenvalue weighted by Gasteiger charge is 2.35. The number of hydrogen-bond donors (Lipinski definition) is 1. The van der Waals surface area contributed by atoms with Crippen LogP contribution in [0.5, 0.6) is 0 Å². The van der Waals surface area contributed by atoms with E-state index in [1.54, 1.807) is 11.8 Å². The first-order valence-electron chi connectivity index (χ1n) is 4.64. The molecule has 1 fully saturated rings. The number of amides is 1. The third-order valence-corrected chi connectivity index (χ3v) is 2.59. The van der Waals surface area contributed by atoms with Crippen LogP contribution in [0.1, 0.15) is 19.8 Å². The largest absolute Gasteiger partial charge is 0.467 e. The fraction of sp³-hybridized carbons (Fsp3) is 0.778. The molecule has 0 spiro atoms.